The summed E-state index contributed by atoms with van der Waals surface area (Å²) in [5.41, 5.74) is 7.67. The first-order valence-electron chi connectivity index (χ1n) is 6.02. The summed E-state index contributed by atoms with van der Waals surface area (Å²) < 4.78 is 0. The Morgan fingerprint density at radius 1 is 1.12 bits per heavy atom. The fourth-order valence-electron chi connectivity index (χ4n) is 2.40. The largest absolute Gasteiger partial charge is 0.397 e. The number of nitrogens with zero attached hydrogens (tertiary/aromatic N) is 3. The third-order valence-corrected chi connectivity index (χ3v) is 3.49. The average Bonchev–Trinajstić information content (AvgIpc) is 3.13. The van der Waals surface area contributed by atoms with Crippen molar-refractivity contribution in [2.75, 3.05) is 36.8 Å². The number of piperazine rings is 1. The van der Waals surface area contributed by atoms with Crippen molar-refractivity contribution in [1.82, 2.24) is 9.88 Å². The second-order valence-electron chi connectivity index (χ2n) is 4.73. The summed E-state index contributed by atoms with van der Waals surface area (Å²) in [6, 6.07) is 2.90. The van der Waals surface area contributed by atoms with Gasteiger partial charge in [0.15, 0.2) is 0 Å². The topological polar surface area (TPSA) is 45.4 Å². The monoisotopic (exact) mass is 218 g/mol. The molecule has 4 nitrogen and oxygen atoms in total. The van der Waals surface area contributed by atoms with E-state index in [0.717, 1.165) is 30.5 Å². The van der Waals surface area contributed by atoms with Crippen LogP contribution in [-0.2, 0) is 0 Å². The van der Waals surface area contributed by atoms with E-state index in [-0.39, 0.29) is 0 Å². The van der Waals surface area contributed by atoms with Crippen LogP contribution in [0, 0.1) is 0 Å². The molecule has 2 N–H and O–H groups in total. The minimum Gasteiger partial charge on any atom is -0.397 e. The van der Waals surface area contributed by atoms with Gasteiger partial charge in [-0.2, -0.15) is 0 Å². The average molecular weight is 218 g/mol. The summed E-state index contributed by atoms with van der Waals surface area (Å²) in [7, 11) is 0. The van der Waals surface area contributed by atoms with Crippen molar-refractivity contribution in [2.45, 2.75) is 18.9 Å². The van der Waals surface area contributed by atoms with Crippen LogP contribution < -0.4 is 10.6 Å². The van der Waals surface area contributed by atoms with Gasteiger partial charge in [-0.25, -0.2) is 0 Å². The van der Waals surface area contributed by atoms with Crippen LogP contribution in [0.2, 0.25) is 0 Å². The minimum absolute atomic E-state index is 0.752. The molecule has 0 unspecified atom stereocenters. The summed E-state index contributed by atoms with van der Waals surface area (Å²) in [6.07, 6.45) is 6.41. The van der Waals surface area contributed by atoms with Gasteiger partial charge >= 0.3 is 0 Å². The van der Waals surface area contributed by atoms with Gasteiger partial charge in [-0.15, -0.1) is 0 Å². The molecule has 0 bridgehead atoms. The van der Waals surface area contributed by atoms with Crippen LogP contribution in [0.15, 0.2) is 18.5 Å². The van der Waals surface area contributed by atoms with Gasteiger partial charge in [0.05, 0.1) is 17.6 Å². The van der Waals surface area contributed by atoms with E-state index in [1.54, 1.807) is 6.20 Å². The molecule has 0 spiro atoms. The molecule has 1 aromatic heterocycles. The number of rotatable bonds is 2. The zero-order valence-corrected chi connectivity index (χ0v) is 9.47. The molecule has 86 valence electrons. The first-order chi connectivity index (χ1) is 7.83. The van der Waals surface area contributed by atoms with E-state index in [0.29, 0.717) is 0 Å². The molecule has 4 heteroatoms. The van der Waals surface area contributed by atoms with Gasteiger partial charge in [-0.3, -0.25) is 9.88 Å². The van der Waals surface area contributed by atoms with Gasteiger partial charge < -0.3 is 10.6 Å². The Labute approximate surface area is 96.1 Å². The van der Waals surface area contributed by atoms with Crippen LogP contribution in [0.5, 0.6) is 0 Å². The SMILES string of the molecule is Nc1cncc(N2CCN(C3CC3)CC2)c1. The van der Waals surface area contributed by atoms with Crippen molar-refractivity contribution in [3.05, 3.63) is 18.5 Å². The van der Waals surface area contributed by atoms with Crippen LogP contribution in [-0.4, -0.2) is 42.1 Å². The number of hydrogen-bond acceptors (Lipinski definition) is 4. The molecule has 0 amide bonds. The first kappa shape index (κ1) is 9.90. The zero-order chi connectivity index (χ0) is 11.0. The van der Waals surface area contributed by atoms with Gasteiger partial charge in [0.2, 0.25) is 0 Å². The molecule has 2 heterocycles. The van der Waals surface area contributed by atoms with Crippen molar-refractivity contribution < 1.29 is 0 Å². The van der Waals surface area contributed by atoms with E-state index < -0.39 is 0 Å². The molecule has 1 saturated heterocycles. The summed E-state index contributed by atoms with van der Waals surface area (Å²) in [6.45, 7) is 4.56. The molecule has 1 aliphatic heterocycles. The third-order valence-electron chi connectivity index (χ3n) is 3.49. The summed E-state index contributed by atoms with van der Waals surface area (Å²) in [4.78, 5) is 9.13. The molecule has 0 atom stereocenters. The Bertz CT molecular complexity index is 367. The molecule has 3 rings (SSSR count). The maximum atomic E-state index is 5.75. The standard InChI is InChI=1S/C12H18N4/c13-10-7-12(9-14-8-10)16-5-3-15(4-6-16)11-1-2-11/h7-9,11H,1-6,13H2. The van der Waals surface area contributed by atoms with E-state index in [9.17, 15) is 0 Å². The lowest BCUT2D eigenvalue weighted by Gasteiger charge is -2.36. The highest BCUT2D eigenvalue weighted by Crippen LogP contribution is 2.28. The normalized spacial score (nSPS) is 22.4. The molecule has 0 aromatic carbocycles. The molecular formula is C12H18N4. The Hall–Kier alpha value is -1.29. The van der Waals surface area contributed by atoms with Crippen molar-refractivity contribution in [2.24, 2.45) is 0 Å². The number of pyridine rings is 1. The molecule has 2 aliphatic rings. The summed E-state index contributed by atoms with van der Waals surface area (Å²) >= 11 is 0. The van der Waals surface area contributed by atoms with E-state index >= 15 is 0 Å². The lowest BCUT2D eigenvalue weighted by Crippen LogP contribution is -2.47. The predicted molar refractivity (Wildman–Crippen MR) is 65.5 cm³/mol. The van der Waals surface area contributed by atoms with Crippen molar-refractivity contribution in [1.29, 1.82) is 0 Å². The lowest BCUT2D eigenvalue weighted by molar-refractivity contribution is 0.248. The van der Waals surface area contributed by atoms with Gasteiger partial charge in [0.1, 0.15) is 0 Å². The molecule has 16 heavy (non-hydrogen) atoms. The smallest absolute Gasteiger partial charge is 0.0574 e. The second-order valence-corrected chi connectivity index (χ2v) is 4.73. The molecule has 1 aliphatic carbocycles. The number of nitrogen functional groups attached to an aromatic ring is 1. The Kier molecular flexibility index (Phi) is 2.44. The van der Waals surface area contributed by atoms with Gasteiger partial charge in [-0.05, 0) is 18.9 Å². The van der Waals surface area contributed by atoms with Crippen LogP contribution in [0.25, 0.3) is 0 Å². The first-order valence-corrected chi connectivity index (χ1v) is 6.02. The maximum Gasteiger partial charge on any atom is 0.0574 e. The fourth-order valence-corrected chi connectivity index (χ4v) is 2.40. The van der Waals surface area contributed by atoms with Gasteiger partial charge in [0.25, 0.3) is 0 Å². The Morgan fingerprint density at radius 3 is 2.50 bits per heavy atom. The zero-order valence-electron chi connectivity index (χ0n) is 9.47. The van der Waals surface area contributed by atoms with Crippen molar-refractivity contribution in [3.63, 3.8) is 0 Å². The fraction of sp³-hybridized carbons (Fsp3) is 0.583. The number of aromatic nitrogens is 1. The number of hydrogen-bond donors (Lipinski definition) is 1. The van der Waals surface area contributed by atoms with Crippen LogP contribution in [0.1, 0.15) is 12.8 Å². The van der Waals surface area contributed by atoms with Crippen molar-refractivity contribution >= 4 is 11.4 Å². The summed E-state index contributed by atoms with van der Waals surface area (Å²) in [5.74, 6) is 0. The third kappa shape index (κ3) is 1.97. The highest BCUT2D eigenvalue weighted by atomic mass is 15.3. The number of nitrogens with two attached hydrogens (primary N) is 1. The number of anilines is 2. The lowest BCUT2D eigenvalue weighted by atomic mass is 10.2. The van der Waals surface area contributed by atoms with Crippen LogP contribution in [0.4, 0.5) is 11.4 Å². The summed E-state index contributed by atoms with van der Waals surface area (Å²) in [5, 5.41) is 0. The van der Waals surface area contributed by atoms with Crippen LogP contribution >= 0.6 is 0 Å². The Balaban J connectivity index is 1.64. The molecule has 2 fully saturated rings. The van der Waals surface area contributed by atoms with E-state index in [1.807, 2.05) is 12.3 Å². The quantitative estimate of drug-likeness (QED) is 0.802. The predicted octanol–water partition coefficient (Wildman–Crippen LogP) is 0.948. The molecule has 1 saturated carbocycles. The van der Waals surface area contributed by atoms with Gasteiger partial charge in [-0.1, -0.05) is 0 Å². The van der Waals surface area contributed by atoms with Crippen molar-refractivity contribution in [3.8, 4) is 0 Å². The minimum atomic E-state index is 0.752. The van der Waals surface area contributed by atoms with E-state index in [2.05, 4.69) is 14.8 Å². The Morgan fingerprint density at radius 2 is 1.88 bits per heavy atom. The molecule has 1 aromatic rings. The van der Waals surface area contributed by atoms with Gasteiger partial charge in [0, 0.05) is 38.4 Å². The second kappa shape index (κ2) is 3.94. The molecule has 0 radical (unpaired) electrons. The van der Waals surface area contributed by atoms with E-state index in [4.69, 9.17) is 5.73 Å². The highest BCUT2D eigenvalue weighted by Gasteiger charge is 2.31. The molecular weight excluding hydrogens is 200 g/mol. The van der Waals surface area contributed by atoms with Crippen LogP contribution in [0.3, 0.4) is 0 Å². The van der Waals surface area contributed by atoms with E-state index in [1.165, 1.54) is 25.9 Å². The highest BCUT2D eigenvalue weighted by molar-refractivity contribution is 5.53. The maximum absolute atomic E-state index is 5.75.